The average Bonchev–Trinajstić information content (AvgIpc) is 3.91. The zero-order chi connectivity index (χ0) is 39.2. The Bertz CT molecular complexity index is 3400. The molecule has 3 heterocycles. The van der Waals surface area contributed by atoms with Crippen LogP contribution in [0.1, 0.15) is 25.0 Å². The molecule has 278 valence electrons. The quantitative estimate of drug-likeness (QED) is 0.175. The lowest BCUT2D eigenvalue weighted by Crippen LogP contribution is -2.14. The van der Waals surface area contributed by atoms with Gasteiger partial charge in [0.15, 0.2) is 17.5 Å². The summed E-state index contributed by atoms with van der Waals surface area (Å²) in [5.74, 6) is 1.85. The lowest BCUT2D eigenvalue weighted by atomic mass is 9.82. The van der Waals surface area contributed by atoms with Crippen molar-refractivity contribution in [2.45, 2.75) is 19.3 Å². The Morgan fingerprint density at radius 1 is 0.407 bits per heavy atom. The highest BCUT2D eigenvalue weighted by Crippen LogP contribution is 2.51. The molecule has 12 rings (SSSR count). The smallest absolute Gasteiger partial charge is 0.164 e. The number of hydrogen-bond acceptors (Lipinski definition) is 4. The highest BCUT2D eigenvalue weighted by atomic mass is 16.3. The van der Waals surface area contributed by atoms with E-state index in [2.05, 4.69) is 128 Å². The van der Waals surface area contributed by atoms with Gasteiger partial charge in [0.05, 0.1) is 11.0 Å². The summed E-state index contributed by atoms with van der Waals surface area (Å²) >= 11 is 0. The van der Waals surface area contributed by atoms with E-state index in [-0.39, 0.29) is 5.41 Å². The standard InChI is InChI=1S/C54H36N4O/c1-54(2)44-23-13-12-21-38(44)40-32-47-42(31-45(40)54)41-29-35(25-27-46(41)58(47)37-19-10-5-11-20-37)36-26-28-48-43(30-36)50-39(22-14-24-49(50)59-48)53-56-51(33-15-6-3-7-16-33)55-52(57-53)34-17-8-4-9-18-34/h3-32H,1-2H3. The lowest BCUT2D eigenvalue weighted by molar-refractivity contribution is 0.661. The monoisotopic (exact) mass is 756 g/mol. The van der Waals surface area contributed by atoms with E-state index in [0.717, 1.165) is 55.4 Å². The summed E-state index contributed by atoms with van der Waals surface area (Å²) in [4.78, 5) is 15.1. The number of para-hydroxylation sites is 1. The number of furan rings is 1. The summed E-state index contributed by atoms with van der Waals surface area (Å²) in [6, 6.07) is 64.2. The Balaban J connectivity index is 1.06. The number of fused-ring (bicyclic) bond motifs is 9. The van der Waals surface area contributed by atoms with Crippen molar-refractivity contribution >= 4 is 43.7 Å². The SMILES string of the molecule is CC1(C)c2ccccc2-c2cc3c(cc21)c1cc(-c2ccc4oc5cccc(-c6nc(-c7ccccc7)nc(-c7ccccc7)n6)c5c4c2)ccc1n3-c1ccccc1. The number of benzene rings is 8. The van der Waals surface area contributed by atoms with Crippen molar-refractivity contribution in [3.8, 4) is 62.1 Å². The van der Waals surface area contributed by atoms with Gasteiger partial charge in [0, 0.05) is 49.3 Å². The zero-order valence-corrected chi connectivity index (χ0v) is 32.5. The zero-order valence-electron chi connectivity index (χ0n) is 32.5. The van der Waals surface area contributed by atoms with Crippen molar-refractivity contribution in [3.05, 3.63) is 193 Å². The highest BCUT2D eigenvalue weighted by molar-refractivity contribution is 6.15. The predicted molar refractivity (Wildman–Crippen MR) is 241 cm³/mol. The van der Waals surface area contributed by atoms with Crippen molar-refractivity contribution in [3.63, 3.8) is 0 Å². The minimum atomic E-state index is -0.105. The Kier molecular flexibility index (Phi) is 7.20. The summed E-state index contributed by atoms with van der Waals surface area (Å²) in [7, 11) is 0. The van der Waals surface area contributed by atoms with Crippen LogP contribution in [0.2, 0.25) is 0 Å². The molecule has 0 spiro atoms. The molecule has 0 saturated carbocycles. The second kappa shape index (κ2) is 12.7. The molecule has 0 amide bonds. The Hall–Kier alpha value is -7.63. The van der Waals surface area contributed by atoms with Gasteiger partial charge in [0.2, 0.25) is 0 Å². The van der Waals surface area contributed by atoms with E-state index in [1.165, 1.54) is 44.1 Å². The molecule has 59 heavy (non-hydrogen) atoms. The minimum Gasteiger partial charge on any atom is -0.456 e. The van der Waals surface area contributed by atoms with Gasteiger partial charge in [-0.2, -0.15) is 0 Å². The number of nitrogens with zero attached hydrogens (tertiary/aromatic N) is 4. The van der Waals surface area contributed by atoms with Gasteiger partial charge in [-0.05, 0) is 88.0 Å². The Labute approximate surface area is 340 Å². The summed E-state index contributed by atoms with van der Waals surface area (Å²) < 4.78 is 8.95. The number of rotatable bonds is 5. The fourth-order valence-electron chi connectivity index (χ4n) is 9.37. The normalized spacial score (nSPS) is 13.1. The Morgan fingerprint density at radius 2 is 1.00 bits per heavy atom. The van der Waals surface area contributed by atoms with Crippen molar-refractivity contribution in [1.29, 1.82) is 0 Å². The van der Waals surface area contributed by atoms with Gasteiger partial charge < -0.3 is 8.98 Å². The van der Waals surface area contributed by atoms with Crippen molar-refractivity contribution < 1.29 is 4.42 Å². The van der Waals surface area contributed by atoms with Crippen LogP contribution in [-0.4, -0.2) is 19.5 Å². The van der Waals surface area contributed by atoms with Gasteiger partial charge in [0.25, 0.3) is 0 Å². The first-order valence-corrected chi connectivity index (χ1v) is 20.1. The van der Waals surface area contributed by atoms with Gasteiger partial charge in [0.1, 0.15) is 11.2 Å². The minimum absolute atomic E-state index is 0.105. The van der Waals surface area contributed by atoms with E-state index >= 15 is 0 Å². The molecule has 1 aliphatic carbocycles. The Morgan fingerprint density at radius 3 is 1.73 bits per heavy atom. The fourth-order valence-corrected chi connectivity index (χ4v) is 9.37. The van der Waals surface area contributed by atoms with Crippen LogP contribution in [0.5, 0.6) is 0 Å². The van der Waals surface area contributed by atoms with Crippen LogP contribution < -0.4 is 0 Å². The third-order valence-corrected chi connectivity index (χ3v) is 12.3. The molecule has 5 nitrogen and oxygen atoms in total. The first-order chi connectivity index (χ1) is 29.0. The molecule has 0 saturated heterocycles. The molecule has 0 aliphatic heterocycles. The van der Waals surface area contributed by atoms with E-state index in [9.17, 15) is 0 Å². The van der Waals surface area contributed by atoms with Crippen LogP contribution in [-0.2, 0) is 5.41 Å². The van der Waals surface area contributed by atoms with Crippen LogP contribution in [0.3, 0.4) is 0 Å². The largest absolute Gasteiger partial charge is 0.456 e. The molecule has 5 heteroatoms. The summed E-state index contributed by atoms with van der Waals surface area (Å²) in [5.41, 5.74) is 15.4. The maximum absolute atomic E-state index is 6.53. The third kappa shape index (κ3) is 5.14. The van der Waals surface area contributed by atoms with E-state index < -0.39 is 0 Å². The van der Waals surface area contributed by atoms with Crippen molar-refractivity contribution in [2.75, 3.05) is 0 Å². The van der Waals surface area contributed by atoms with E-state index in [0.29, 0.717) is 17.5 Å². The summed E-state index contributed by atoms with van der Waals surface area (Å²) in [6.07, 6.45) is 0. The molecule has 1 aliphatic rings. The van der Waals surface area contributed by atoms with Crippen molar-refractivity contribution in [1.82, 2.24) is 19.5 Å². The molecule has 8 aromatic carbocycles. The van der Waals surface area contributed by atoms with Gasteiger partial charge >= 0.3 is 0 Å². The third-order valence-electron chi connectivity index (χ3n) is 12.3. The van der Waals surface area contributed by atoms with Gasteiger partial charge in [-0.15, -0.1) is 0 Å². The van der Waals surface area contributed by atoms with E-state index in [1.54, 1.807) is 0 Å². The molecule has 0 fully saturated rings. The second-order valence-corrected chi connectivity index (χ2v) is 16.0. The molecule has 0 bridgehead atoms. The number of hydrogen-bond donors (Lipinski definition) is 0. The first kappa shape index (κ1) is 33.5. The summed E-state index contributed by atoms with van der Waals surface area (Å²) in [6.45, 7) is 4.71. The maximum Gasteiger partial charge on any atom is 0.164 e. The van der Waals surface area contributed by atoms with Crippen LogP contribution >= 0.6 is 0 Å². The molecular formula is C54H36N4O. The molecule has 3 aromatic heterocycles. The number of aromatic nitrogens is 4. The summed E-state index contributed by atoms with van der Waals surface area (Å²) in [5, 5.41) is 4.47. The van der Waals surface area contributed by atoms with Crippen LogP contribution in [0.25, 0.3) is 106 Å². The lowest BCUT2D eigenvalue weighted by Gasteiger charge is -2.21. The molecule has 0 unspecified atom stereocenters. The van der Waals surface area contributed by atoms with E-state index in [1.807, 2.05) is 72.8 Å². The van der Waals surface area contributed by atoms with Gasteiger partial charge in [-0.1, -0.05) is 141 Å². The van der Waals surface area contributed by atoms with Crippen LogP contribution in [0.4, 0.5) is 0 Å². The topological polar surface area (TPSA) is 56.7 Å². The molecule has 0 radical (unpaired) electrons. The molecule has 11 aromatic rings. The first-order valence-electron chi connectivity index (χ1n) is 20.1. The van der Waals surface area contributed by atoms with Crippen molar-refractivity contribution in [2.24, 2.45) is 0 Å². The van der Waals surface area contributed by atoms with Crippen LogP contribution in [0.15, 0.2) is 186 Å². The van der Waals surface area contributed by atoms with Crippen LogP contribution in [0, 0.1) is 0 Å². The molecule has 0 N–H and O–H groups in total. The molecule has 0 atom stereocenters. The van der Waals surface area contributed by atoms with Gasteiger partial charge in [-0.3, -0.25) is 0 Å². The average molecular weight is 757 g/mol. The predicted octanol–water partition coefficient (Wildman–Crippen LogP) is 13.8. The highest BCUT2D eigenvalue weighted by Gasteiger charge is 2.36. The second-order valence-electron chi connectivity index (χ2n) is 16.0. The van der Waals surface area contributed by atoms with Gasteiger partial charge in [-0.25, -0.2) is 15.0 Å². The molecular weight excluding hydrogens is 721 g/mol. The fraction of sp³-hybridized carbons (Fsp3) is 0.0556. The maximum atomic E-state index is 6.53. The van der Waals surface area contributed by atoms with E-state index in [4.69, 9.17) is 19.4 Å².